The summed E-state index contributed by atoms with van der Waals surface area (Å²) >= 11 is 2.08. The van der Waals surface area contributed by atoms with Gasteiger partial charge in [-0.3, -0.25) is 0 Å². The minimum atomic E-state index is 0.512. The molecule has 0 radical (unpaired) electrons. The fraction of sp³-hybridized carbons (Fsp3) is 1.00. The first kappa shape index (κ1) is 15.7. The molecule has 0 heterocycles. The molecule has 2 fully saturated rings. The molecule has 1 nitrogen and oxygen atoms in total. The van der Waals surface area contributed by atoms with E-state index in [0.29, 0.717) is 5.41 Å². The van der Waals surface area contributed by atoms with Crippen molar-refractivity contribution in [2.75, 3.05) is 6.26 Å². The molecule has 2 aliphatic rings. The van der Waals surface area contributed by atoms with Crippen molar-refractivity contribution >= 4 is 11.8 Å². The van der Waals surface area contributed by atoms with E-state index in [1.807, 2.05) is 0 Å². The highest BCUT2D eigenvalue weighted by molar-refractivity contribution is 7.99. The molecule has 0 aromatic carbocycles. The molecular formula is C17H33NS. The summed E-state index contributed by atoms with van der Waals surface area (Å²) < 4.78 is 0. The Bertz CT molecular complexity index is 263. The van der Waals surface area contributed by atoms with E-state index in [-0.39, 0.29) is 0 Å². The monoisotopic (exact) mass is 283 g/mol. The van der Waals surface area contributed by atoms with Crippen molar-refractivity contribution in [2.24, 2.45) is 11.3 Å². The van der Waals surface area contributed by atoms with E-state index < -0.39 is 0 Å². The minimum Gasteiger partial charge on any atom is -0.310 e. The molecule has 2 heteroatoms. The standard InChI is InChI=1S/C17H33NS/c1-17(2,3)13-9-11-14(12-10-13)18-15-7-5-6-8-16(15)19-4/h13-16,18H,5-12H2,1-4H3. The van der Waals surface area contributed by atoms with Gasteiger partial charge in [-0.2, -0.15) is 11.8 Å². The van der Waals surface area contributed by atoms with Crippen LogP contribution < -0.4 is 5.32 Å². The first-order chi connectivity index (χ1) is 9.00. The molecule has 19 heavy (non-hydrogen) atoms. The van der Waals surface area contributed by atoms with Gasteiger partial charge in [0.25, 0.3) is 0 Å². The first-order valence-corrected chi connectivity index (χ1v) is 9.58. The molecule has 0 bridgehead atoms. The van der Waals surface area contributed by atoms with Crippen LogP contribution in [0.4, 0.5) is 0 Å². The molecule has 2 unspecified atom stereocenters. The zero-order valence-corrected chi connectivity index (χ0v) is 14.2. The van der Waals surface area contributed by atoms with E-state index in [1.54, 1.807) is 0 Å². The molecule has 112 valence electrons. The van der Waals surface area contributed by atoms with Gasteiger partial charge in [0.15, 0.2) is 0 Å². The third-order valence-corrected chi connectivity index (χ3v) is 6.58. The number of hydrogen-bond acceptors (Lipinski definition) is 2. The summed E-state index contributed by atoms with van der Waals surface area (Å²) in [5.74, 6) is 0.938. The van der Waals surface area contributed by atoms with Crippen LogP contribution in [0.5, 0.6) is 0 Å². The highest BCUT2D eigenvalue weighted by atomic mass is 32.2. The molecule has 0 aliphatic heterocycles. The van der Waals surface area contributed by atoms with E-state index >= 15 is 0 Å². The summed E-state index contributed by atoms with van der Waals surface area (Å²) in [6.07, 6.45) is 13.7. The Kier molecular flexibility index (Phi) is 5.65. The third kappa shape index (κ3) is 4.39. The number of nitrogens with one attached hydrogen (secondary N) is 1. The fourth-order valence-corrected chi connectivity index (χ4v) is 4.94. The van der Waals surface area contributed by atoms with Crippen molar-refractivity contribution in [2.45, 2.75) is 89.5 Å². The molecule has 2 aliphatic carbocycles. The maximum Gasteiger partial charge on any atom is 0.0198 e. The van der Waals surface area contributed by atoms with Gasteiger partial charge in [-0.15, -0.1) is 0 Å². The lowest BCUT2D eigenvalue weighted by Gasteiger charge is -2.40. The minimum absolute atomic E-state index is 0.512. The van der Waals surface area contributed by atoms with Crippen LogP contribution in [0.25, 0.3) is 0 Å². The molecule has 0 amide bonds. The zero-order chi connectivity index (χ0) is 13.9. The number of hydrogen-bond donors (Lipinski definition) is 1. The van der Waals surface area contributed by atoms with Crippen molar-refractivity contribution in [3.05, 3.63) is 0 Å². The Morgan fingerprint density at radius 3 is 2.11 bits per heavy atom. The van der Waals surface area contributed by atoms with Gasteiger partial charge in [0, 0.05) is 17.3 Å². The molecule has 0 aromatic rings. The zero-order valence-electron chi connectivity index (χ0n) is 13.4. The Morgan fingerprint density at radius 1 is 0.895 bits per heavy atom. The van der Waals surface area contributed by atoms with E-state index in [0.717, 1.165) is 23.3 Å². The van der Waals surface area contributed by atoms with Gasteiger partial charge in [0.2, 0.25) is 0 Å². The molecular weight excluding hydrogens is 250 g/mol. The third-order valence-electron chi connectivity index (χ3n) is 5.41. The highest BCUT2D eigenvalue weighted by Crippen LogP contribution is 2.38. The average Bonchev–Trinajstić information content (AvgIpc) is 2.39. The van der Waals surface area contributed by atoms with Gasteiger partial charge in [-0.25, -0.2) is 0 Å². The van der Waals surface area contributed by atoms with Crippen LogP contribution >= 0.6 is 11.8 Å². The van der Waals surface area contributed by atoms with Gasteiger partial charge in [0.1, 0.15) is 0 Å². The Balaban J connectivity index is 1.78. The molecule has 0 spiro atoms. The Labute approximate surface area is 124 Å². The normalized spacial score (nSPS) is 37.3. The van der Waals surface area contributed by atoms with Crippen molar-refractivity contribution in [3.63, 3.8) is 0 Å². The van der Waals surface area contributed by atoms with Gasteiger partial charge >= 0.3 is 0 Å². The lowest BCUT2D eigenvalue weighted by atomic mass is 9.71. The molecule has 1 N–H and O–H groups in total. The molecule has 2 rings (SSSR count). The molecule has 2 atom stereocenters. The second-order valence-corrected chi connectivity index (χ2v) is 8.82. The van der Waals surface area contributed by atoms with Crippen LogP contribution in [0.2, 0.25) is 0 Å². The summed E-state index contributed by atoms with van der Waals surface area (Å²) in [5.41, 5.74) is 0.512. The summed E-state index contributed by atoms with van der Waals surface area (Å²) in [5, 5.41) is 4.88. The summed E-state index contributed by atoms with van der Waals surface area (Å²) in [6.45, 7) is 7.24. The van der Waals surface area contributed by atoms with Gasteiger partial charge in [-0.1, -0.05) is 33.6 Å². The van der Waals surface area contributed by atoms with Crippen LogP contribution in [0.15, 0.2) is 0 Å². The molecule has 0 saturated heterocycles. The lowest BCUT2D eigenvalue weighted by molar-refractivity contribution is 0.153. The van der Waals surface area contributed by atoms with Crippen LogP contribution in [-0.4, -0.2) is 23.6 Å². The van der Waals surface area contributed by atoms with Crippen LogP contribution in [-0.2, 0) is 0 Å². The predicted octanol–water partition coefficient (Wildman–Crippen LogP) is 4.86. The van der Waals surface area contributed by atoms with Crippen molar-refractivity contribution in [1.82, 2.24) is 5.32 Å². The first-order valence-electron chi connectivity index (χ1n) is 8.29. The van der Waals surface area contributed by atoms with E-state index in [9.17, 15) is 0 Å². The van der Waals surface area contributed by atoms with Gasteiger partial charge in [0.05, 0.1) is 0 Å². The van der Waals surface area contributed by atoms with Gasteiger partial charge < -0.3 is 5.32 Å². The Morgan fingerprint density at radius 2 is 1.53 bits per heavy atom. The summed E-state index contributed by atoms with van der Waals surface area (Å²) in [7, 11) is 0. The quantitative estimate of drug-likeness (QED) is 0.794. The lowest BCUT2D eigenvalue weighted by Crippen LogP contribution is -2.47. The average molecular weight is 284 g/mol. The Hall–Kier alpha value is 0.310. The second-order valence-electron chi connectivity index (χ2n) is 7.75. The predicted molar refractivity (Wildman–Crippen MR) is 87.9 cm³/mol. The van der Waals surface area contributed by atoms with Crippen molar-refractivity contribution < 1.29 is 0 Å². The number of rotatable bonds is 3. The van der Waals surface area contributed by atoms with E-state index in [4.69, 9.17) is 0 Å². The SMILES string of the molecule is CSC1CCCCC1NC1CCC(C(C)(C)C)CC1. The maximum atomic E-state index is 4.01. The largest absolute Gasteiger partial charge is 0.310 e. The van der Waals surface area contributed by atoms with Crippen LogP contribution in [0.1, 0.15) is 72.1 Å². The van der Waals surface area contributed by atoms with E-state index in [2.05, 4.69) is 44.1 Å². The summed E-state index contributed by atoms with van der Waals surface area (Å²) in [6, 6.07) is 1.59. The topological polar surface area (TPSA) is 12.0 Å². The van der Waals surface area contributed by atoms with Gasteiger partial charge in [-0.05, 0) is 56.1 Å². The van der Waals surface area contributed by atoms with Crippen LogP contribution in [0.3, 0.4) is 0 Å². The second kappa shape index (κ2) is 6.85. The smallest absolute Gasteiger partial charge is 0.0198 e. The van der Waals surface area contributed by atoms with E-state index in [1.165, 1.54) is 51.4 Å². The number of thioether (sulfide) groups is 1. The fourth-order valence-electron chi connectivity index (χ4n) is 4.00. The van der Waals surface area contributed by atoms with Crippen LogP contribution in [0, 0.1) is 11.3 Å². The summed E-state index contributed by atoms with van der Waals surface area (Å²) in [4.78, 5) is 0. The molecule has 2 saturated carbocycles. The molecule has 0 aromatic heterocycles. The maximum absolute atomic E-state index is 4.01. The highest BCUT2D eigenvalue weighted by Gasteiger charge is 2.32. The van der Waals surface area contributed by atoms with Crippen molar-refractivity contribution in [3.8, 4) is 0 Å². The van der Waals surface area contributed by atoms with Crippen molar-refractivity contribution in [1.29, 1.82) is 0 Å².